The van der Waals surface area contributed by atoms with Gasteiger partial charge in [-0.2, -0.15) is 0 Å². The molecule has 0 spiro atoms. The molecule has 0 radical (unpaired) electrons. The second-order valence-corrected chi connectivity index (χ2v) is 9.73. The minimum atomic E-state index is -0.442. The molecule has 1 atom stereocenters. The molecule has 0 unspecified atom stereocenters. The summed E-state index contributed by atoms with van der Waals surface area (Å²) in [6.07, 6.45) is 0.836. The number of non-ortho nitro benzene ring substituents is 1. The van der Waals surface area contributed by atoms with Crippen molar-refractivity contribution in [1.29, 1.82) is 0 Å². The van der Waals surface area contributed by atoms with Gasteiger partial charge in [0.1, 0.15) is 4.88 Å². The lowest BCUT2D eigenvalue weighted by Crippen LogP contribution is -2.51. The van der Waals surface area contributed by atoms with Crippen LogP contribution in [-0.2, 0) is 0 Å². The Kier molecular flexibility index (Phi) is 4.67. The van der Waals surface area contributed by atoms with Gasteiger partial charge in [0.2, 0.25) is 0 Å². The number of thiophene rings is 1. The summed E-state index contributed by atoms with van der Waals surface area (Å²) in [6, 6.07) is 10.7. The van der Waals surface area contributed by atoms with Crippen LogP contribution < -0.4 is 4.90 Å². The van der Waals surface area contributed by atoms with Crippen LogP contribution in [0.3, 0.4) is 0 Å². The number of rotatable bonds is 2. The van der Waals surface area contributed by atoms with Crippen LogP contribution in [0.1, 0.15) is 53.9 Å². The Balaban J connectivity index is 1.87. The van der Waals surface area contributed by atoms with E-state index < -0.39 is 4.92 Å². The molecule has 7 heteroatoms. The fraction of sp³-hybridized carbons (Fsp3) is 0.318. The van der Waals surface area contributed by atoms with E-state index in [9.17, 15) is 14.9 Å². The van der Waals surface area contributed by atoms with Crippen molar-refractivity contribution in [2.45, 2.75) is 45.6 Å². The summed E-state index contributed by atoms with van der Waals surface area (Å²) in [5.74, 6) is 0.174. The number of benzene rings is 2. The number of carbonyl (C=O) groups is 1. The van der Waals surface area contributed by atoms with Gasteiger partial charge >= 0.3 is 0 Å². The molecule has 0 bridgehead atoms. The van der Waals surface area contributed by atoms with Crippen molar-refractivity contribution in [2.75, 3.05) is 4.90 Å². The number of nitrogens with zero attached hydrogens (tertiary/aromatic N) is 2. The maximum Gasteiger partial charge on any atom is 0.270 e. The van der Waals surface area contributed by atoms with Crippen LogP contribution in [0, 0.1) is 17.0 Å². The molecule has 0 fully saturated rings. The van der Waals surface area contributed by atoms with Gasteiger partial charge in [0, 0.05) is 33.4 Å². The second kappa shape index (κ2) is 6.82. The van der Waals surface area contributed by atoms with Crippen molar-refractivity contribution in [3.05, 3.63) is 67.5 Å². The summed E-state index contributed by atoms with van der Waals surface area (Å²) in [7, 11) is 0. The van der Waals surface area contributed by atoms with Crippen LogP contribution in [0.4, 0.5) is 11.4 Å². The van der Waals surface area contributed by atoms with E-state index in [1.807, 2.05) is 11.8 Å². The quantitative estimate of drug-likeness (QED) is 0.336. The van der Waals surface area contributed by atoms with E-state index in [1.165, 1.54) is 23.5 Å². The molecule has 0 aliphatic carbocycles. The fourth-order valence-corrected chi connectivity index (χ4v) is 5.81. The van der Waals surface area contributed by atoms with E-state index >= 15 is 0 Å². The van der Waals surface area contributed by atoms with Crippen LogP contribution >= 0.6 is 22.9 Å². The standard InChI is InChI=1S/C22H21ClN2O3S/c1-12-5-7-15-13(2)11-22(3,4)24(17(15)9-12)21(26)20-19(23)16-8-6-14(25(27)28)10-18(16)29-20/h5-10,13H,11H2,1-4H3/t13-/m1/s1. The van der Waals surface area contributed by atoms with Gasteiger partial charge in [-0.3, -0.25) is 14.9 Å². The van der Waals surface area contributed by atoms with Gasteiger partial charge in [-0.15, -0.1) is 11.3 Å². The average Bonchev–Trinajstić information content (AvgIpc) is 2.96. The first kappa shape index (κ1) is 19.9. The van der Waals surface area contributed by atoms with Gasteiger partial charge in [-0.1, -0.05) is 30.7 Å². The fourth-order valence-electron chi connectivity index (χ4n) is 4.33. The van der Waals surface area contributed by atoms with Crippen LogP contribution in [0.25, 0.3) is 10.1 Å². The second-order valence-electron chi connectivity index (χ2n) is 8.30. The lowest BCUT2D eigenvalue weighted by molar-refractivity contribution is -0.384. The van der Waals surface area contributed by atoms with Gasteiger partial charge < -0.3 is 4.90 Å². The number of amides is 1. The molecule has 29 heavy (non-hydrogen) atoms. The SMILES string of the molecule is Cc1ccc2c(c1)N(C(=O)c1sc3cc([N+](=O)[O-])ccc3c1Cl)C(C)(C)C[C@H]2C. The number of halogens is 1. The van der Waals surface area contributed by atoms with Crippen LogP contribution in [0.15, 0.2) is 36.4 Å². The first-order chi connectivity index (χ1) is 13.6. The van der Waals surface area contributed by atoms with Crippen LogP contribution in [0.2, 0.25) is 5.02 Å². The zero-order chi connectivity index (χ0) is 21.1. The van der Waals surface area contributed by atoms with Crippen molar-refractivity contribution < 1.29 is 9.72 Å². The number of fused-ring (bicyclic) bond motifs is 2. The van der Waals surface area contributed by atoms with E-state index in [1.54, 1.807) is 6.07 Å². The van der Waals surface area contributed by atoms with E-state index in [0.29, 0.717) is 25.9 Å². The highest BCUT2D eigenvalue weighted by atomic mass is 35.5. The van der Waals surface area contributed by atoms with E-state index in [0.717, 1.165) is 23.2 Å². The van der Waals surface area contributed by atoms with Crippen molar-refractivity contribution >= 4 is 50.3 Å². The molecule has 5 nitrogen and oxygen atoms in total. The van der Waals surface area contributed by atoms with E-state index in [2.05, 4.69) is 39.0 Å². The maximum absolute atomic E-state index is 13.7. The highest BCUT2D eigenvalue weighted by Crippen LogP contribution is 2.46. The Morgan fingerprint density at radius 2 is 2.00 bits per heavy atom. The van der Waals surface area contributed by atoms with E-state index in [4.69, 9.17) is 11.6 Å². The van der Waals surface area contributed by atoms with Crippen molar-refractivity contribution in [1.82, 2.24) is 0 Å². The Hall–Kier alpha value is -2.44. The number of hydrogen-bond acceptors (Lipinski definition) is 4. The Morgan fingerprint density at radius 1 is 1.28 bits per heavy atom. The Labute approximate surface area is 178 Å². The van der Waals surface area contributed by atoms with Gasteiger partial charge in [-0.05, 0) is 56.4 Å². The number of hydrogen-bond donors (Lipinski definition) is 0. The van der Waals surface area contributed by atoms with Crippen LogP contribution in [-0.4, -0.2) is 16.4 Å². The van der Waals surface area contributed by atoms with Gasteiger partial charge in [0.15, 0.2) is 0 Å². The molecule has 150 valence electrons. The highest BCUT2D eigenvalue weighted by molar-refractivity contribution is 7.21. The van der Waals surface area contributed by atoms with Crippen molar-refractivity contribution in [2.24, 2.45) is 0 Å². The summed E-state index contributed by atoms with van der Waals surface area (Å²) < 4.78 is 0.639. The first-order valence-electron chi connectivity index (χ1n) is 9.41. The molecule has 1 amide bonds. The Bertz CT molecular complexity index is 1170. The molecule has 3 aromatic rings. The molecule has 1 aromatic heterocycles. The third-order valence-corrected chi connectivity index (χ3v) is 7.24. The molecule has 2 heterocycles. The average molecular weight is 429 g/mol. The van der Waals surface area contributed by atoms with Crippen molar-refractivity contribution in [3.8, 4) is 0 Å². The molecule has 1 aliphatic heterocycles. The summed E-state index contributed by atoms with van der Waals surface area (Å²) in [4.78, 5) is 26.6. The summed E-state index contributed by atoms with van der Waals surface area (Å²) >= 11 is 7.79. The zero-order valence-corrected chi connectivity index (χ0v) is 18.2. The molecule has 0 N–H and O–H groups in total. The molecule has 1 aliphatic rings. The number of nitro groups is 1. The van der Waals surface area contributed by atoms with Gasteiger partial charge in [-0.25, -0.2) is 0 Å². The smallest absolute Gasteiger partial charge is 0.270 e. The molecule has 0 saturated heterocycles. The zero-order valence-electron chi connectivity index (χ0n) is 16.7. The normalized spacial score (nSPS) is 18.0. The summed E-state index contributed by atoms with van der Waals surface area (Å²) in [5, 5.41) is 12.1. The third kappa shape index (κ3) is 3.20. The Morgan fingerprint density at radius 3 is 2.69 bits per heavy atom. The minimum Gasteiger partial charge on any atom is -0.302 e. The van der Waals surface area contributed by atoms with Gasteiger partial charge in [0.05, 0.1) is 9.95 Å². The third-order valence-electron chi connectivity index (χ3n) is 5.59. The first-order valence-corrected chi connectivity index (χ1v) is 10.6. The molecular weight excluding hydrogens is 408 g/mol. The monoisotopic (exact) mass is 428 g/mol. The van der Waals surface area contributed by atoms with Crippen molar-refractivity contribution in [3.63, 3.8) is 0 Å². The number of anilines is 1. The molecule has 4 rings (SSSR count). The predicted octanol–water partition coefficient (Wildman–Crippen LogP) is 6.70. The minimum absolute atomic E-state index is 0.0116. The molecular formula is C22H21ClN2O3S. The lowest BCUT2D eigenvalue weighted by atomic mass is 9.79. The predicted molar refractivity (Wildman–Crippen MR) is 119 cm³/mol. The number of aryl methyl sites for hydroxylation is 1. The maximum atomic E-state index is 13.7. The van der Waals surface area contributed by atoms with Crippen LogP contribution in [0.5, 0.6) is 0 Å². The van der Waals surface area contributed by atoms with Gasteiger partial charge in [0.25, 0.3) is 11.6 Å². The molecule has 0 saturated carbocycles. The summed E-state index contributed by atoms with van der Waals surface area (Å²) in [5.41, 5.74) is 2.75. The molecule has 2 aromatic carbocycles. The largest absolute Gasteiger partial charge is 0.302 e. The number of carbonyl (C=O) groups excluding carboxylic acids is 1. The van der Waals surface area contributed by atoms with E-state index in [-0.39, 0.29) is 17.1 Å². The summed E-state index contributed by atoms with van der Waals surface area (Å²) in [6.45, 7) is 8.33. The number of nitro benzene ring substituents is 1. The topological polar surface area (TPSA) is 63.5 Å². The highest BCUT2D eigenvalue weighted by Gasteiger charge is 2.41. The lowest BCUT2D eigenvalue weighted by Gasteiger charge is -2.46.